The quantitative estimate of drug-likeness (QED) is 0.766. The van der Waals surface area contributed by atoms with Gasteiger partial charge in [-0.15, -0.1) is 0 Å². The van der Waals surface area contributed by atoms with E-state index in [0.717, 1.165) is 12.8 Å². The molecule has 1 amide bonds. The molecule has 2 aliphatic rings. The van der Waals surface area contributed by atoms with Crippen molar-refractivity contribution < 1.29 is 4.79 Å². The van der Waals surface area contributed by atoms with E-state index in [0.29, 0.717) is 6.04 Å². The molecule has 2 rings (SSSR count). The van der Waals surface area contributed by atoms with Gasteiger partial charge in [-0.3, -0.25) is 4.79 Å². The first-order chi connectivity index (χ1) is 7.59. The van der Waals surface area contributed by atoms with Crippen molar-refractivity contribution in [2.24, 2.45) is 0 Å². The van der Waals surface area contributed by atoms with Gasteiger partial charge in [-0.25, -0.2) is 0 Å². The van der Waals surface area contributed by atoms with Gasteiger partial charge in [-0.2, -0.15) is 0 Å². The lowest BCUT2D eigenvalue weighted by Gasteiger charge is -2.26. The van der Waals surface area contributed by atoms with Gasteiger partial charge in [0.2, 0.25) is 5.91 Å². The van der Waals surface area contributed by atoms with E-state index in [-0.39, 0.29) is 17.5 Å². The molecule has 0 spiro atoms. The highest BCUT2D eigenvalue weighted by Crippen LogP contribution is 2.34. The fraction of sp³-hybridized carbons (Fsp3) is 0.923. The fourth-order valence-corrected chi connectivity index (χ4v) is 2.49. The maximum Gasteiger partial charge on any atom is 0.237 e. The van der Waals surface area contributed by atoms with E-state index in [4.69, 9.17) is 0 Å². The molecule has 0 aliphatic heterocycles. The Hall–Kier alpha value is -0.570. The van der Waals surface area contributed by atoms with Crippen LogP contribution >= 0.6 is 0 Å². The monoisotopic (exact) mass is 224 g/mol. The van der Waals surface area contributed by atoms with Crippen molar-refractivity contribution in [2.45, 2.75) is 76.4 Å². The van der Waals surface area contributed by atoms with E-state index >= 15 is 0 Å². The number of carbonyl (C=O) groups is 1. The van der Waals surface area contributed by atoms with E-state index in [9.17, 15) is 4.79 Å². The van der Waals surface area contributed by atoms with Crippen LogP contribution in [0.4, 0.5) is 0 Å². The Kier molecular flexibility index (Phi) is 3.53. The maximum absolute atomic E-state index is 11.9. The SMILES string of the molecule is CC(NC1(C)CC1)C(=O)NC1CCCCC1. The molecule has 1 atom stereocenters. The summed E-state index contributed by atoms with van der Waals surface area (Å²) in [4.78, 5) is 11.9. The van der Waals surface area contributed by atoms with Crippen LogP contribution in [0.5, 0.6) is 0 Å². The molecule has 3 heteroatoms. The highest BCUT2D eigenvalue weighted by molar-refractivity contribution is 5.81. The second-order valence-electron chi connectivity index (χ2n) is 5.77. The van der Waals surface area contributed by atoms with Crippen LogP contribution in [0.1, 0.15) is 58.8 Å². The molecule has 92 valence electrons. The summed E-state index contributed by atoms with van der Waals surface area (Å²) in [5.41, 5.74) is 0.239. The molecular weight excluding hydrogens is 200 g/mol. The first kappa shape index (κ1) is 11.9. The normalized spacial score (nSPS) is 26.1. The highest BCUT2D eigenvalue weighted by atomic mass is 16.2. The Morgan fingerprint density at radius 2 is 1.88 bits per heavy atom. The predicted molar refractivity (Wildman–Crippen MR) is 65.3 cm³/mol. The molecule has 16 heavy (non-hydrogen) atoms. The first-order valence-corrected chi connectivity index (χ1v) is 6.67. The predicted octanol–water partition coefficient (Wildman–Crippen LogP) is 1.97. The number of nitrogens with one attached hydrogen (secondary N) is 2. The van der Waals surface area contributed by atoms with Crippen molar-refractivity contribution in [1.29, 1.82) is 0 Å². The van der Waals surface area contributed by atoms with E-state index in [1.807, 2.05) is 6.92 Å². The summed E-state index contributed by atoms with van der Waals surface area (Å²) in [6.45, 7) is 4.17. The number of rotatable bonds is 4. The first-order valence-electron chi connectivity index (χ1n) is 6.67. The lowest BCUT2D eigenvalue weighted by atomic mass is 9.95. The molecule has 2 fully saturated rings. The van der Waals surface area contributed by atoms with Gasteiger partial charge in [0.25, 0.3) is 0 Å². The summed E-state index contributed by atoms with van der Waals surface area (Å²) in [5, 5.41) is 6.58. The topological polar surface area (TPSA) is 41.1 Å². The van der Waals surface area contributed by atoms with Crippen LogP contribution in [0.2, 0.25) is 0 Å². The molecule has 2 N–H and O–H groups in total. The summed E-state index contributed by atoms with van der Waals surface area (Å²) < 4.78 is 0. The molecule has 0 aromatic rings. The molecule has 0 aromatic heterocycles. The Morgan fingerprint density at radius 3 is 2.44 bits per heavy atom. The second-order valence-corrected chi connectivity index (χ2v) is 5.77. The molecular formula is C13H24N2O. The zero-order valence-corrected chi connectivity index (χ0v) is 10.5. The number of hydrogen-bond acceptors (Lipinski definition) is 2. The van der Waals surface area contributed by atoms with Crippen LogP contribution in [0.25, 0.3) is 0 Å². The van der Waals surface area contributed by atoms with Gasteiger partial charge in [0, 0.05) is 11.6 Å². The van der Waals surface area contributed by atoms with Crippen LogP contribution in [0, 0.1) is 0 Å². The molecule has 0 saturated heterocycles. The third-order valence-electron chi connectivity index (χ3n) is 3.91. The van der Waals surface area contributed by atoms with E-state index < -0.39 is 0 Å². The summed E-state index contributed by atoms with van der Waals surface area (Å²) in [7, 11) is 0. The average molecular weight is 224 g/mol. The zero-order valence-electron chi connectivity index (χ0n) is 10.5. The average Bonchev–Trinajstić information content (AvgIpc) is 2.97. The van der Waals surface area contributed by atoms with Crippen molar-refractivity contribution in [1.82, 2.24) is 10.6 Å². The number of hydrogen-bond donors (Lipinski definition) is 2. The molecule has 0 heterocycles. The summed E-state index contributed by atoms with van der Waals surface area (Å²) in [5.74, 6) is 0.181. The number of carbonyl (C=O) groups excluding carboxylic acids is 1. The van der Waals surface area contributed by atoms with Crippen molar-refractivity contribution in [2.75, 3.05) is 0 Å². The smallest absolute Gasteiger partial charge is 0.237 e. The van der Waals surface area contributed by atoms with Gasteiger partial charge in [0.1, 0.15) is 0 Å². The van der Waals surface area contributed by atoms with Gasteiger partial charge in [0.05, 0.1) is 6.04 Å². The highest BCUT2D eigenvalue weighted by Gasteiger charge is 2.39. The molecule has 0 bridgehead atoms. The lowest BCUT2D eigenvalue weighted by Crippen LogP contribution is -2.49. The lowest BCUT2D eigenvalue weighted by molar-refractivity contribution is -0.123. The molecule has 0 radical (unpaired) electrons. The van der Waals surface area contributed by atoms with Crippen molar-refractivity contribution in [3.05, 3.63) is 0 Å². The summed E-state index contributed by atoms with van der Waals surface area (Å²) in [6, 6.07) is 0.381. The minimum atomic E-state index is -0.0468. The second kappa shape index (κ2) is 4.74. The van der Waals surface area contributed by atoms with Gasteiger partial charge in [-0.1, -0.05) is 19.3 Å². The minimum Gasteiger partial charge on any atom is -0.352 e. The zero-order chi connectivity index (χ0) is 11.6. The standard InChI is InChI=1S/C13H24N2O/c1-10(15-13(2)8-9-13)12(16)14-11-6-4-3-5-7-11/h10-11,15H,3-9H2,1-2H3,(H,14,16). The summed E-state index contributed by atoms with van der Waals surface area (Å²) in [6.07, 6.45) is 8.60. The molecule has 3 nitrogen and oxygen atoms in total. The van der Waals surface area contributed by atoms with Crippen molar-refractivity contribution >= 4 is 5.91 Å². The Morgan fingerprint density at radius 1 is 1.25 bits per heavy atom. The van der Waals surface area contributed by atoms with Crippen molar-refractivity contribution in [3.63, 3.8) is 0 Å². The van der Waals surface area contributed by atoms with E-state index in [1.54, 1.807) is 0 Å². The fourth-order valence-electron chi connectivity index (χ4n) is 2.49. The van der Waals surface area contributed by atoms with Gasteiger partial charge < -0.3 is 10.6 Å². The third-order valence-corrected chi connectivity index (χ3v) is 3.91. The Balaban J connectivity index is 1.73. The van der Waals surface area contributed by atoms with Gasteiger partial charge in [0.15, 0.2) is 0 Å². The van der Waals surface area contributed by atoms with Gasteiger partial charge in [-0.05, 0) is 39.5 Å². The van der Waals surface area contributed by atoms with Crippen LogP contribution in [0.3, 0.4) is 0 Å². The summed E-state index contributed by atoms with van der Waals surface area (Å²) >= 11 is 0. The largest absolute Gasteiger partial charge is 0.352 e. The minimum absolute atomic E-state index is 0.0468. The maximum atomic E-state index is 11.9. The molecule has 2 aliphatic carbocycles. The van der Waals surface area contributed by atoms with Crippen molar-refractivity contribution in [3.8, 4) is 0 Å². The molecule has 2 saturated carbocycles. The number of amides is 1. The van der Waals surface area contributed by atoms with E-state index in [1.165, 1.54) is 32.1 Å². The molecule has 1 unspecified atom stereocenters. The Labute approximate surface area is 98.4 Å². The van der Waals surface area contributed by atoms with Crippen LogP contribution in [0.15, 0.2) is 0 Å². The Bertz CT molecular complexity index is 255. The van der Waals surface area contributed by atoms with Gasteiger partial charge >= 0.3 is 0 Å². The molecule has 0 aromatic carbocycles. The van der Waals surface area contributed by atoms with Crippen LogP contribution in [-0.4, -0.2) is 23.5 Å². The van der Waals surface area contributed by atoms with E-state index in [2.05, 4.69) is 17.6 Å². The van der Waals surface area contributed by atoms with Crippen LogP contribution in [-0.2, 0) is 4.79 Å². The third kappa shape index (κ3) is 3.21. The van der Waals surface area contributed by atoms with Crippen LogP contribution < -0.4 is 10.6 Å².